The summed E-state index contributed by atoms with van der Waals surface area (Å²) in [4.78, 5) is -0.821. The second-order valence-corrected chi connectivity index (χ2v) is 3.62. The molecule has 0 bridgehead atoms. The molecule has 1 atom stereocenters. The summed E-state index contributed by atoms with van der Waals surface area (Å²) in [6, 6.07) is 0.831. The first-order valence-corrected chi connectivity index (χ1v) is 4.72. The topological polar surface area (TPSA) is 17.1 Å². The van der Waals surface area contributed by atoms with E-state index < -0.39 is 32.4 Å². The summed E-state index contributed by atoms with van der Waals surface area (Å²) in [5, 5.41) is 0. The molecule has 0 aliphatic heterocycles. The molecular formula is C6H2ClF3OS. The normalized spacial score (nSPS) is 13.0. The Morgan fingerprint density at radius 2 is 1.58 bits per heavy atom. The van der Waals surface area contributed by atoms with Crippen molar-refractivity contribution in [1.82, 2.24) is 0 Å². The van der Waals surface area contributed by atoms with Crippen LogP contribution in [0, 0.1) is 17.5 Å². The van der Waals surface area contributed by atoms with Crippen LogP contribution in [0.3, 0.4) is 0 Å². The maximum atomic E-state index is 12.6. The molecule has 1 rings (SSSR count). The first kappa shape index (κ1) is 9.54. The molecule has 0 spiro atoms. The van der Waals surface area contributed by atoms with Crippen molar-refractivity contribution >= 4 is 20.7 Å². The van der Waals surface area contributed by atoms with Gasteiger partial charge in [-0.05, 0) is 10.7 Å². The molecule has 0 saturated carbocycles. The zero-order valence-corrected chi connectivity index (χ0v) is 7.06. The van der Waals surface area contributed by atoms with E-state index in [1.807, 2.05) is 0 Å². The van der Waals surface area contributed by atoms with Crippen molar-refractivity contribution < 1.29 is 17.4 Å². The van der Waals surface area contributed by atoms with Gasteiger partial charge in [0.1, 0.15) is 22.3 Å². The van der Waals surface area contributed by atoms with Gasteiger partial charge in [0.15, 0.2) is 10.0 Å². The molecule has 0 saturated heterocycles. The molecule has 1 nitrogen and oxygen atoms in total. The summed E-state index contributed by atoms with van der Waals surface area (Å²) in [6.45, 7) is 0. The molecule has 12 heavy (non-hydrogen) atoms. The van der Waals surface area contributed by atoms with E-state index in [1.165, 1.54) is 0 Å². The summed E-state index contributed by atoms with van der Waals surface area (Å²) in [5.41, 5.74) is 0. The van der Waals surface area contributed by atoms with Gasteiger partial charge in [-0.2, -0.15) is 0 Å². The molecule has 0 aliphatic rings. The Labute approximate surface area is 73.1 Å². The molecule has 0 aromatic heterocycles. The molecule has 0 radical (unpaired) electrons. The van der Waals surface area contributed by atoms with Gasteiger partial charge in [0.25, 0.3) is 0 Å². The van der Waals surface area contributed by atoms with Crippen molar-refractivity contribution in [2.45, 2.75) is 4.90 Å². The first-order chi connectivity index (χ1) is 5.52. The summed E-state index contributed by atoms with van der Waals surface area (Å²) in [6.07, 6.45) is 0. The van der Waals surface area contributed by atoms with Crippen LogP contribution in [0.25, 0.3) is 0 Å². The van der Waals surface area contributed by atoms with Gasteiger partial charge in [-0.1, -0.05) is 0 Å². The van der Waals surface area contributed by atoms with Gasteiger partial charge in [0, 0.05) is 12.1 Å². The van der Waals surface area contributed by atoms with Gasteiger partial charge >= 0.3 is 0 Å². The predicted molar refractivity (Wildman–Crippen MR) is 38.6 cm³/mol. The van der Waals surface area contributed by atoms with E-state index in [4.69, 9.17) is 10.7 Å². The van der Waals surface area contributed by atoms with Gasteiger partial charge in [0.2, 0.25) is 0 Å². The fraction of sp³-hybridized carbons (Fsp3) is 0. The minimum Gasteiger partial charge on any atom is -0.237 e. The van der Waals surface area contributed by atoms with Crippen LogP contribution < -0.4 is 0 Å². The van der Waals surface area contributed by atoms with E-state index in [-0.39, 0.29) is 0 Å². The van der Waals surface area contributed by atoms with Gasteiger partial charge in [-0.25, -0.2) is 17.4 Å². The summed E-state index contributed by atoms with van der Waals surface area (Å²) >= 11 is 0. The van der Waals surface area contributed by atoms with E-state index >= 15 is 0 Å². The highest BCUT2D eigenvalue weighted by molar-refractivity contribution is 8.08. The van der Waals surface area contributed by atoms with E-state index in [0.29, 0.717) is 12.1 Å². The molecule has 0 amide bonds. The molecule has 1 aromatic rings. The largest absolute Gasteiger partial charge is 0.237 e. The average molecular weight is 215 g/mol. The number of benzene rings is 1. The Morgan fingerprint density at radius 3 is 1.92 bits per heavy atom. The summed E-state index contributed by atoms with van der Waals surface area (Å²) in [7, 11) is 2.63. The maximum Gasteiger partial charge on any atom is 0.153 e. The molecule has 0 heterocycles. The molecule has 1 unspecified atom stereocenters. The monoisotopic (exact) mass is 214 g/mol. The lowest BCUT2D eigenvalue weighted by molar-refractivity contribution is 0.508. The maximum absolute atomic E-state index is 12.6. The number of hydrogen-bond acceptors (Lipinski definition) is 1. The van der Waals surface area contributed by atoms with Crippen molar-refractivity contribution in [3.8, 4) is 0 Å². The zero-order valence-electron chi connectivity index (χ0n) is 5.48. The van der Waals surface area contributed by atoms with Crippen molar-refractivity contribution in [1.29, 1.82) is 0 Å². The van der Waals surface area contributed by atoms with Gasteiger partial charge in [-0.15, -0.1) is 0 Å². The van der Waals surface area contributed by atoms with Crippen molar-refractivity contribution in [2.75, 3.05) is 0 Å². The average Bonchev–Trinajstić information content (AvgIpc) is 1.82. The lowest BCUT2D eigenvalue weighted by atomic mass is 10.3. The van der Waals surface area contributed by atoms with E-state index in [2.05, 4.69) is 0 Å². The Balaban J connectivity index is 3.38. The minimum atomic E-state index is -2.30. The Hall–Kier alpha value is -0.550. The van der Waals surface area contributed by atoms with E-state index in [9.17, 15) is 17.4 Å². The standard InChI is InChI=1S/C6H2ClF3OS/c7-12(11)6-4(9)1-3(8)2-5(6)10/h1-2H. The van der Waals surface area contributed by atoms with Gasteiger partial charge < -0.3 is 0 Å². The highest BCUT2D eigenvalue weighted by atomic mass is 35.7. The quantitative estimate of drug-likeness (QED) is 0.656. The van der Waals surface area contributed by atoms with Crippen LogP contribution >= 0.6 is 10.7 Å². The Kier molecular flexibility index (Phi) is 2.74. The molecule has 1 aromatic carbocycles. The molecule has 0 aliphatic carbocycles. The minimum absolute atomic E-state index is 0.415. The van der Waals surface area contributed by atoms with Crippen LogP contribution in [0.2, 0.25) is 0 Å². The molecular weight excluding hydrogens is 213 g/mol. The fourth-order valence-electron chi connectivity index (χ4n) is 0.682. The Morgan fingerprint density at radius 1 is 1.17 bits per heavy atom. The lowest BCUT2D eigenvalue weighted by Gasteiger charge is -1.98. The Bertz CT molecular complexity index is 319. The first-order valence-electron chi connectivity index (χ1n) is 2.75. The van der Waals surface area contributed by atoms with Crippen LogP contribution in [0.5, 0.6) is 0 Å². The number of halogens is 4. The molecule has 6 heteroatoms. The van der Waals surface area contributed by atoms with Crippen molar-refractivity contribution in [3.05, 3.63) is 29.6 Å². The van der Waals surface area contributed by atoms with Crippen LogP contribution in [0.15, 0.2) is 17.0 Å². The molecule has 0 fully saturated rings. The predicted octanol–water partition coefficient (Wildman–Crippen LogP) is 2.37. The van der Waals surface area contributed by atoms with Crippen LogP contribution in [0.1, 0.15) is 0 Å². The highest BCUT2D eigenvalue weighted by Crippen LogP contribution is 2.20. The number of rotatable bonds is 1. The highest BCUT2D eigenvalue weighted by Gasteiger charge is 2.15. The summed E-state index contributed by atoms with van der Waals surface area (Å²) in [5.74, 6) is -3.57. The van der Waals surface area contributed by atoms with Gasteiger partial charge in [0.05, 0.1) is 0 Å². The smallest absolute Gasteiger partial charge is 0.153 e. The van der Waals surface area contributed by atoms with E-state index in [0.717, 1.165) is 0 Å². The summed E-state index contributed by atoms with van der Waals surface area (Å²) < 4.78 is 47.9. The third-order valence-corrected chi connectivity index (χ3v) is 2.30. The molecule has 0 N–H and O–H groups in total. The van der Waals surface area contributed by atoms with Crippen LogP contribution in [-0.2, 0) is 10.0 Å². The second kappa shape index (κ2) is 3.45. The van der Waals surface area contributed by atoms with Crippen molar-refractivity contribution in [3.63, 3.8) is 0 Å². The SMILES string of the molecule is O=S(Cl)c1c(F)cc(F)cc1F. The fourth-order valence-corrected chi connectivity index (χ4v) is 1.55. The number of hydrogen-bond donors (Lipinski definition) is 0. The third kappa shape index (κ3) is 1.78. The molecule has 66 valence electrons. The zero-order chi connectivity index (χ0) is 9.30. The van der Waals surface area contributed by atoms with Gasteiger partial charge in [-0.3, -0.25) is 0 Å². The van der Waals surface area contributed by atoms with E-state index in [1.54, 1.807) is 0 Å². The van der Waals surface area contributed by atoms with Crippen LogP contribution in [0.4, 0.5) is 13.2 Å². The second-order valence-electron chi connectivity index (χ2n) is 1.92. The lowest BCUT2D eigenvalue weighted by Crippen LogP contribution is -1.95. The third-order valence-electron chi connectivity index (χ3n) is 1.12. The van der Waals surface area contributed by atoms with Crippen LogP contribution in [-0.4, -0.2) is 4.21 Å². The van der Waals surface area contributed by atoms with Crippen molar-refractivity contribution in [2.24, 2.45) is 0 Å².